The number of aliphatic carboxylic acids is 1. The maximum absolute atomic E-state index is 13.2. The zero-order chi connectivity index (χ0) is 28.2. The van der Waals surface area contributed by atoms with Crippen LogP contribution < -0.4 is 16.0 Å². The molecule has 2 atom stereocenters. The summed E-state index contributed by atoms with van der Waals surface area (Å²) in [6.45, 7) is 3.31. The predicted molar refractivity (Wildman–Crippen MR) is 144 cm³/mol. The molecule has 2 aliphatic rings. The highest BCUT2D eigenvalue weighted by Crippen LogP contribution is 2.29. The highest BCUT2D eigenvalue weighted by molar-refractivity contribution is 7.89. The second-order valence-corrected chi connectivity index (χ2v) is 11.9. The molecule has 0 saturated carbocycles. The lowest BCUT2D eigenvalue weighted by Crippen LogP contribution is -2.51. The Kier molecular flexibility index (Phi) is 8.88. The molecule has 0 aliphatic carbocycles. The molecule has 2 aromatic rings. The molecule has 2 heterocycles. The number of anilines is 1. The fourth-order valence-electron chi connectivity index (χ4n) is 4.98. The Hall–Kier alpha value is -3.48. The molecule has 0 bridgehead atoms. The Balaban J connectivity index is 1.44. The van der Waals surface area contributed by atoms with Crippen LogP contribution in [0.5, 0.6) is 5.75 Å². The fraction of sp³-hybridized carbons (Fsp3) is 0.444. The van der Waals surface area contributed by atoms with E-state index >= 15 is 0 Å². The molecule has 2 aliphatic heterocycles. The van der Waals surface area contributed by atoms with Crippen molar-refractivity contribution in [2.24, 2.45) is 5.92 Å². The van der Waals surface area contributed by atoms with Crippen LogP contribution in [-0.4, -0.2) is 72.4 Å². The van der Waals surface area contributed by atoms with Gasteiger partial charge >= 0.3 is 5.97 Å². The van der Waals surface area contributed by atoms with E-state index in [0.29, 0.717) is 23.2 Å². The number of aryl methyl sites for hydroxylation is 1. The molecule has 4 rings (SSSR count). The Morgan fingerprint density at radius 2 is 1.82 bits per heavy atom. The van der Waals surface area contributed by atoms with Gasteiger partial charge in [-0.25, -0.2) is 13.2 Å². The monoisotopic (exact) mass is 558 g/mol. The summed E-state index contributed by atoms with van der Waals surface area (Å²) in [7, 11) is -4.09. The number of nitrogens with one attached hydrogen (secondary N) is 3. The zero-order valence-corrected chi connectivity index (χ0v) is 22.5. The third-order valence-electron chi connectivity index (χ3n) is 7.25. The normalized spacial score (nSPS) is 19.4. The Bertz CT molecular complexity index is 1340. The van der Waals surface area contributed by atoms with Crippen LogP contribution in [0.3, 0.4) is 0 Å². The van der Waals surface area contributed by atoms with Crippen LogP contribution in [-0.2, 0) is 30.8 Å². The summed E-state index contributed by atoms with van der Waals surface area (Å²) >= 11 is 0. The maximum atomic E-state index is 13.2. The summed E-state index contributed by atoms with van der Waals surface area (Å²) in [5, 5.41) is 28.4. The third kappa shape index (κ3) is 6.75. The Morgan fingerprint density at radius 1 is 1.08 bits per heavy atom. The van der Waals surface area contributed by atoms with Crippen LogP contribution >= 0.6 is 0 Å². The van der Waals surface area contributed by atoms with E-state index in [1.54, 1.807) is 31.2 Å². The van der Waals surface area contributed by atoms with Crippen LogP contribution in [0.15, 0.2) is 47.4 Å². The first-order valence-corrected chi connectivity index (χ1v) is 14.5. The molecule has 0 spiro atoms. The van der Waals surface area contributed by atoms with Gasteiger partial charge in [-0.3, -0.25) is 9.59 Å². The van der Waals surface area contributed by atoms with Crippen LogP contribution in [0, 0.1) is 12.8 Å². The second-order valence-electron chi connectivity index (χ2n) is 10.0. The number of carboxylic acid groups (broad SMARTS) is 1. The fourth-order valence-corrected chi connectivity index (χ4v) is 6.66. The van der Waals surface area contributed by atoms with Gasteiger partial charge in [-0.2, -0.15) is 4.31 Å². The van der Waals surface area contributed by atoms with Crippen molar-refractivity contribution in [2.45, 2.75) is 56.0 Å². The van der Waals surface area contributed by atoms with Crippen molar-refractivity contribution in [1.29, 1.82) is 0 Å². The zero-order valence-electron chi connectivity index (χ0n) is 21.7. The molecule has 2 saturated heterocycles. The van der Waals surface area contributed by atoms with Crippen molar-refractivity contribution >= 4 is 33.5 Å². The molecular weight excluding hydrogens is 524 g/mol. The van der Waals surface area contributed by atoms with Gasteiger partial charge in [0.25, 0.3) is 0 Å². The number of carbonyl (C=O) groups is 3. The molecule has 2 aromatic carbocycles. The van der Waals surface area contributed by atoms with E-state index in [-0.39, 0.29) is 41.9 Å². The van der Waals surface area contributed by atoms with Crippen molar-refractivity contribution in [3.8, 4) is 5.75 Å². The lowest BCUT2D eigenvalue weighted by molar-refractivity contribution is -0.142. The molecule has 12 heteroatoms. The van der Waals surface area contributed by atoms with Gasteiger partial charge in [0, 0.05) is 30.6 Å². The van der Waals surface area contributed by atoms with Crippen molar-refractivity contribution in [3.63, 3.8) is 0 Å². The molecule has 5 N–H and O–H groups in total. The van der Waals surface area contributed by atoms with Crippen LogP contribution in [0.2, 0.25) is 0 Å². The minimum absolute atomic E-state index is 0.0521. The number of benzene rings is 2. The van der Waals surface area contributed by atoms with E-state index in [2.05, 4.69) is 16.0 Å². The Morgan fingerprint density at radius 3 is 2.51 bits per heavy atom. The van der Waals surface area contributed by atoms with E-state index in [1.165, 1.54) is 12.1 Å². The van der Waals surface area contributed by atoms with Gasteiger partial charge in [-0.1, -0.05) is 18.2 Å². The Labute approximate surface area is 227 Å². The smallest absolute Gasteiger partial charge is 0.326 e. The number of rotatable bonds is 9. The third-order valence-corrected chi connectivity index (χ3v) is 9.16. The van der Waals surface area contributed by atoms with Gasteiger partial charge in [-0.05, 0) is 75.0 Å². The number of amides is 2. The predicted octanol–water partition coefficient (Wildman–Crippen LogP) is 1.60. The molecule has 11 nitrogen and oxygen atoms in total. The molecule has 2 amide bonds. The molecule has 2 fully saturated rings. The summed E-state index contributed by atoms with van der Waals surface area (Å²) < 4.78 is 27.5. The van der Waals surface area contributed by atoms with E-state index in [4.69, 9.17) is 0 Å². The standard InChI is InChI=1S/C27H34N4O7S/c1-17-7-8-21(16-24(17)32)39(37,38)31-13-3-6-23(31)26(34)30-22(27(35)36)15-18-4-2-5-20(14-18)29-25(33)19-9-11-28-12-10-19/h2,4-5,7-8,14,16,19,22-23,28,32H,3,6,9-13,15H2,1H3,(H,29,33)(H,30,34)(H,35,36)/t22-,23-/m0/s1. The number of carboxylic acids is 1. The lowest BCUT2D eigenvalue weighted by atomic mass is 9.97. The van der Waals surface area contributed by atoms with E-state index < -0.39 is 34.0 Å². The number of aromatic hydroxyl groups is 1. The van der Waals surface area contributed by atoms with Crippen LogP contribution in [0.4, 0.5) is 5.69 Å². The number of phenols is 1. The summed E-state index contributed by atoms with van der Waals surface area (Å²) in [5.41, 5.74) is 1.65. The first kappa shape index (κ1) is 28.5. The summed E-state index contributed by atoms with van der Waals surface area (Å²) in [6.07, 6.45) is 2.12. The van der Waals surface area contributed by atoms with Crippen molar-refractivity contribution in [2.75, 3.05) is 25.0 Å². The largest absolute Gasteiger partial charge is 0.508 e. The number of carbonyl (C=O) groups excluding carboxylic acids is 2. The minimum atomic E-state index is -4.09. The van der Waals surface area contributed by atoms with Gasteiger partial charge in [0.1, 0.15) is 17.8 Å². The molecular formula is C27H34N4O7S. The molecule has 39 heavy (non-hydrogen) atoms. The van der Waals surface area contributed by atoms with E-state index in [1.807, 2.05) is 0 Å². The van der Waals surface area contributed by atoms with Gasteiger partial charge in [-0.15, -0.1) is 0 Å². The summed E-state index contributed by atoms with van der Waals surface area (Å²) in [5.74, 6) is -2.30. The van der Waals surface area contributed by atoms with Gasteiger partial charge < -0.3 is 26.2 Å². The van der Waals surface area contributed by atoms with Gasteiger partial charge in [0.15, 0.2) is 0 Å². The number of sulfonamides is 1. The van der Waals surface area contributed by atoms with Gasteiger partial charge in [0.05, 0.1) is 4.90 Å². The van der Waals surface area contributed by atoms with Gasteiger partial charge in [0.2, 0.25) is 21.8 Å². The second kappa shape index (κ2) is 12.1. The number of hydrogen-bond donors (Lipinski definition) is 5. The number of phenolic OH excluding ortho intramolecular Hbond substituents is 1. The molecule has 0 radical (unpaired) electrons. The summed E-state index contributed by atoms with van der Waals surface area (Å²) in [6, 6.07) is 8.44. The first-order valence-electron chi connectivity index (χ1n) is 13.0. The first-order chi connectivity index (χ1) is 18.6. The van der Waals surface area contributed by atoms with Crippen molar-refractivity contribution in [1.82, 2.24) is 14.9 Å². The summed E-state index contributed by atoms with van der Waals surface area (Å²) in [4.78, 5) is 37.7. The highest BCUT2D eigenvalue weighted by atomic mass is 32.2. The van der Waals surface area contributed by atoms with Crippen molar-refractivity contribution < 1.29 is 33.0 Å². The van der Waals surface area contributed by atoms with Crippen molar-refractivity contribution in [3.05, 3.63) is 53.6 Å². The topological polar surface area (TPSA) is 165 Å². The molecule has 0 aromatic heterocycles. The van der Waals surface area contributed by atoms with E-state index in [0.717, 1.165) is 36.3 Å². The van der Waals surface area contributed by atoms with Crippen LogP contribution in [0.1, 0.15) is 36.8 Å². The number of nitrogens with zero attached hydrogens (tertiary/aromatic N) is 1. The molecule has 0 unspecified atom stereocenters. The minimum Gasteiger partial charge on any atom is -0.508 e. The maximum Gasteiger partial charge on any atom is 0.326 e. The average Bonchev–Trinajstić information content (AvgIpc) is 3.42. The highest BCUT2D eigenvalue weighted by Gasteiger charge is 2.40. The number of piperidine rings is 1. The quantitative estimate of drug-likeness (QED) is 0.310. The SMILES string of the molecule is Cc1ccc(S(=O)(=O)N2CCC[C@H]2C(=O)N[C@@H](Cc2cccc(NC(=O)C3CCNCC3)c2)C(=O)O)cc1O. The lowest BCUT2D eigenvalue weighted by Gasteiger charge is -2.25. The molecule has 210 valence electrons. The average molecular weight is 559 g/mol. The number of hydrogen-bond acceptors (Lipinski definition) is 7. The van der Waals surface area contributed by atoms with E-state index in [9.17, 15) is 33.0 Å². The van der Waals surface area contributed by atoms with Crippen LogP contribution in [0.25, 0.3) is 0 Å².